The fraction of sp³-hybridized carbons (Fsp3) is 0.364. The molecule has 6 rings (SSSR count). The van der Waals surface area contributed by atoms with Crippen LogP contribution in [0.25, 0.3) is 28.0 Å². The molecule has 44 heavy (non-hydrogen) atoms. The van der Waals surface area contributed by atoms with Crippen LogP contribution >= 0.6 is 0 Å². The van der Waals surface area contributed by atoms with Gasteiger partial charge < -0.3 is 14.5 Å². The smallest absolute Gasteiger partial charge is 0.355 e. The number of pyridine rings is 2. The van der Waals surface area contributed by atoms with Crippen molar-refractivity contribution in [3.05, 3.63) is 82.6 Å². The third-order valence-corrected chi connectivity index (χ3v) is 8.31. The number of anilines is 1. The molecule has 3 aromatic heterocycles. The van der Waals surface area contributed by atoms with Gasteiger partial charge in [0.2, 0.25) is 5.91 Å². The minimum absolute atomic E-state index is 0.0665. The number of aryl methyl sites for hydroxylation is 1. The van der Waals surface area contributed by atoms with Crippen LogP contribution < -0.4 is 15.3 Å². The lowest BCUT2D eigenvalue weighted by Gasteiger charge is -2.47. The number of benzene rings is 1. The summed E-state index contributed by atoms with van der Waals surface area (Å²) in [5.41, 5.74) is 0.492. The Labute approximate surface area is 253 Å². The van der Waals surface area contributed by atoms with Gasteiger partial charge in [-0.2, -0.15) is 4.98 Å². The topological polar surface area (TPSA) is 93.5 Å². The average Bonchev–Trinajstić information content (AvgIpc) is 2.98. The SMILES string of the molecule is C=CC(=O)N1CCN(c2nc(=O)n3c4nc(c(F)cc24)-c2c(F)cccc2OCCCc2ccnc(C(C)C)c2-3)C(C)(C)C1. The maximum absolute atomic E-state index is 16.2. The fourth-order valence-electron chi connectivity index (χ4n) is 6.25. The molecular formula is C33H34F2N6O3. The van der Waals surface area contributed by atoms with Gasteiger partial charge in [-0.15, -0.1) is 0 Å². The number of ether oxygens (including phenoxy) is 1. The predicted molar refractivity (Wildman–Crippen MR) is 164 cm³/mol. The van der Waals surface area contributed by atoms with E-state index in [1.165, 1.54) is 28.8 Å². The molecule has 0 saturated carbocycles. The van der Waals surface area contributed by atoms with Crippen LogP contribution in [0.15, 0.2) is 54.0 Å². The van der Waals surface area contributed by atoms with Crippen LogP contribution in [0.5, 0.6) is 5.75 Å². The van der Waals surface area contributed by atoms with Crippen LogP contribution in [-0.2, 0) is 11.2 Å². The second-order valence-electron chi connectivity index (χ2n) is 12.1. The molecule has 0 N–H and O–H groups in total. The van der Waals surface area contributed by atoms with Crippen LogP contribution in [0, 0.1) is 11.6 Å². The van der Waals surface area contributed by atoms with E-state index in [1.54, 1.807) is 17.2 Å². The first-order valence-electron chi connectivity index (χ1n) is 14.7. The first-order chi connectivity index (χ1) is 21.0. The van der Waals surface area contributed by atoms with Gasteiger partial charge in [0.1, 0.15) is 23.1 Å². The highest BCUT2D eigenvalue weighted by molar-refractivity contribution is 5.92. The Balaban J connectivity index is 1.70. The quantitative estimate of drug-likeness (QED) is 0.299. The molecule has 2 aliphatic rings. The predicted octanol–water partition coefficient (Wildman–Crippen LogP) is 5.18. The minimum atomic E-state index is -0.786. The van der Waals surface area contributed by atoms with E-state index in [0.29, 0.717) is 43.9 Å². The van der Waals surface area contributed by atoms with Crippen LogP contribution in [0.3, 0.4) is 0 Å². The number of carbonyl (C=O) groups excluding carboxylic acids is 1. The van der Waals surface area contributed by atoms with Crippen LogP contribution in [-0.4, -0.2) is 62.1 Å². The molecule has 0 radical (unpaired) electrons. The third kappa shape index (κ3) is 4.89. The number of aromatic nitrogens is 4. The van der Waals surface area contributed by atoms with Crippen molar-refractivity contribution >= 4 is 22.8 Å². The number of carbonyl (C=O) groups is 1. The summed E-state index contributed by atoms with van der Waals surface area (Å²) in [5, 5.41) is 0.280. The number of rotatable bonds is 3. The van der Waals surface area contributed by atoms with E-state index < -0.39 is 22.9 Å². The Bertz CT molecular complexity index is 1870. The highest BCUT2D eigenvalue weighted by Crippen LogP contribution is 2.39. The summed E-state index contributed by atoms with van der Waals surface area (Å²) in [6, 6.07) is 7.44. The Morgan fingerprint density at radius 3 is 2.66 bits per heavy atom. The maximum Gasteiger partial charge on any atom is 0.355 e. The number of halogens is 2. The lowest BCUT2D eigenvalue weighted by molar-refractivity contribution is -0.127. The number of fused-ring (bicyclic) bond motifs is 5. The van der Waals surface area contributed by atoms with Crippen molar-refractivity contribution in [2.24, 2.45) is 0 Å². The number of hydrogen-bond acceptors (Lipinski definition) is 7. The van der Waals surface area contributed by atoms with Crippen molar-refractivity contribution in [2.75, 3.05) is 31.1 Å². The largest absolute Gasteiger partial charge is 0.493 e. The lowest BCUT2D eigenvalue weighted by atomic mass is 9.97. The van der Waals surface area contributed by atoms with Gasteiger partial charge >= 0.3 is 5.69 Å². The van der Waals surface area contributed by atoms with E-state index >= 15 is 8.78 Å². The van der Waals surface area contributed by atoms with Gasteiger partial charge in [0.25, 0.3) is 0 Å². The average molecular weight is 601 g/mol. The van der Waals surface area contributed by atoms with Crippen molar-refractivity contribution < 1.29 is 18.3 Å². The molecule has 0 unspecified atom stereocenters. The highest BCUT2D eigenvalue weighted by atomic mass is 19.1. The molecule has 5 heterocycles. The molecule has 9 nitrogen and oxygen atoms in total. The number of piperazine rings is 1. The molecule has 1 saturated heterocycles. The van der Waals surface area contributed by atoms with Crippen molar-refractivity contribution in [2.45, 2.75) is 52.0 Å². The number of hydrogen-bond donors (Lipinski definition) is 0. The summed E-state index contributed by atoms with van der Waals surface area (Å²) >= 11 is 0. The van der Waals surface area contributed by atoms with Gasteiger partial charge in [-0.1, -0.05) is 26.5 Å². The molecule has 1 amide bonds. The third-order valence-electron chi connectivity index (χ3n) is 8.31. The summed E-state index contributed by atoms with van der Waals surface area (Å²) in [4.78, 5) is 44.1. The zero-order valence-corrected chi connectivity index (χ0v) is 25.2. The van der Waals surface area contributed by atoms with Crippen molar-refractivity contribution in [1.82, 2.24) is 24.4 Å². The molecule has 0 atom stereocenters. The summed E-state index contributed by atoms with van der Waals surface area (Å²) < 4.78 is 39.0. The number of nitrogens with zero attached hydrogens (tertiary/aromatic N) is 6. The van der Waals surface area contributed by atoms with Gasteiger partial charge in [0.05, 0.1) is 34.5 Å². The molecule has 228 valence electrons. The second kappa shape index (κ2) is 11.1. The molecule has 1 aromatic carbocycles. The Morgan fingerprint density at radius 2 is 1.93 bits per heavy atom. The normalized spacial score (nSPS) is 16.2. The van der Waals surface area contributed by atoms with E-state index in [-0.39, 0.29) is 52.3 Å². The van der Waals surface area contributed by atoms with Crippen molar-refractivity contribution in [3.63, 3.8) is 0 Å². The van der Waals surface area contributed by atoms with Crippen molar-refractivity contribution in [3.8, 4) is 22.7 Å². The first-order valence-corrected chi connectivity index (χ1v) is 14.7. The van der Waals surface area contributed by atoms with E-state index in [1.807, 2.05) is 38.7 Å². The van der Waals surface area contributed by atoms with E-state index in [2.05, 4.69) is 16.5 Å². The molecule has 11 heteroatoms. The standard InChI is InChI=1S/C33H34F2N6O3/c1-6-25(42)39-14-15-40(33(4,5)18-39)30-21-17-23(35)28-26-22(34)10-7-11-24(26)44-16-8-9-20-12-13-36-27(19(2)3)29(20)41(31(21)37-28)32(43)38-30/h6-7,10-13,17,19H,1,8-9,14-16,18H2,2-5H3. The Kier molecular flexibility index (Phi) is 7.43. The summed E-state index contributed by atoms with van der Waals surface area (Å²) in [6.45, 7) is 12.7. The maximum atomic E-state index is 16.2. The highest BCUT2D eigenvalue weighted by Gasteiger charge is 2.38. The van der Waals surface area contributed by atoms with Gasteiger partial charge in [0.15, 0.2) is 11.5 Å². The van der Waals surface area contributed by atoms with Gasteiger partial charge in [-0.05, 0) is 68.5 Å². The van der Waals surface area contributed by atoms with Gasteiger partial charge in [0, 0.05) is 25.8 Å². The summed E-state index contributed by atoms with van der Waals surface area (Å²) in [7, 11) is 0. The molecule has 0 spiro atoms. The Hall–Kier alpha value is -4.67. The molecule has 2 aliphatic heterocycles. The molecular weight excluding hydrogens is 566 g/mol. The monoisotopic (exact) mass is 600 g/mol. The van der Waals surface area contributed by atoms with Crippen molar-refractivity contribution in [1.29, 1.82) is 0 Å². The lowest BCUT2D eigenvalue weighted by Crippen LogP contribution is -2.61. The van der Waals surface area contributed by atoms with Gasteiger partial charge in [-0.25, -0.2) is 23.1 Å². The zero-order chi connectivity index (χ0) is 31.3. The summed E-state index contributed by atoms with van der Waals surface area (Å²) in [6.07, 6.45) is 4.08. The Morgan fingerprint density at radius 1 is 1.14 bits per heavy atom. The minimum Gasteiger partial charge on any atom is -0.493 e. The molecule has 1 fully saturated rings. The summed E-state index contributed by atoms with van der Waals surface area (Å²) in [5.74, 6) is -1.33. The van der Waals surface area contributed by atoms with E-state index in [0.717, 1.165) is 5.56 Å². The van der Waals surface area contributed by atoms with Crippen LogP contribution in [0.2, 0.25) is 0 Å². The van der Waals surface area contributed by atoms with Gasteiger partial charge in [-0.3, -0.25) is 9.78 Å². The second-order valence-corrected chi connectivity index (χ2v) is 12.1. The van der Waals surface area contributed by atoms with Crippen LogP contribution in [0.4, 0.5) is 14.6 Å². The molecule has 0 aliphatic carbocycles. The fourth-order valence-corrected chi connectivity index (χ4v) is 6.25. The number of amides is 1. The molecule has 2 bridgehead atoms. The van der Waals surface area contributed by atoms with E-state index in [9.17, 15) is 9.59 Å². The first kappa shape index (κ1) is 29.4. The van der Waals surface area contributed by atoms with Crippen LogP contribution in [0.1, 0.15) is 51.3 Å². The van der Waals surface area contributed by atoms with E-state index in [4.69, 9.17) is 9.72 Å². The molecule has 4 aromatic rings. The zero-order valence-electron chi connectivity index (χ0n) is 25.2.